The van der Waals surface area contributed by atoms with Crippen LogP contribution in [-0.4, -0.2) is 48.5 Å². The standard InChI is InChI=1S/C27H31BF2N2O6/c1-15-17(8-6-9-18(15)28-37-26(2,3)27(4,5)38-28)23-32-20-12-16(14-34-24(33)19-10-7-11-31-19)21(36-25(29)30)13-22(20)35-23/h6,8-9,12-13,19,25,31H,7,10-11,14H2,1-5H3/t19-/m0/s1. The Hall–Kier alpha value is -3.02. The van der Waals surface area contributed by atoms with Crippen LogP contribution in [0.4, 0.5) is 8.78 Å². The smallest absolute Gasteiger partial charge is 0.460 e. The topological polar surface area (TPSA) is 92.0 Å². The van der Waals surface area contributed by atoms with E-state index in [9.17, 15) is 13.6 Å². The first-order valence-corrected chi connectivity index (χ1v) is 12.7. The normalized spacial score (nSPS) is 20.4. The average molecular weight is 528 g/mol. The molecule has 0 saturated carbocycles. The van der Waals surface area contributed by atoms with Crippen molar-refractivity contribution in [3.63, 3.8) is 0 Å². The van der Waals surface area contributed by atoms with Gasteiger partial charge in [-0.25, -0.2) is 4.98 Å². The largest absolute Gasteiger partial charge is 0.495 e. The van der Waals surface area contributed by atoms with Crippen LogP contribution in [0.5, 0.6) is 5.75 Å². The summed E-state index contributed by atoms with van der Waals surface area (Å²) in [6, 6.07) is 8.17. The van der Waals surface area contributed by atoms with E-state index in [0.717, 1.165) is 24.0 Å². The summed E-state index contributed by atoms with van der Waals surface area (Å²) in [5, 5.41) is 3.06. The highest BCUT2D eigenvalue weighted by atomic mass is 19.3. The van der Waals surface area contributed by atoms with Gasteiger partial charge < -0.3 is 28.5 Å². The van der Waals surface area contributed by atoms with Gasteiger partial charge in [-0.3, -0.25) is 4.79 Å². The monoisotopic (exact) mass is 528 g/mol. The van der Waals surface area contributed by atoms with Crippen LogP contribution in [0, 0.1) is 6.92 Å². The number of nitrogens with one attached hydrogen (secondary N) is 1. The van der Waals surface area contributed by atoms with Crippen LogP contribution in [0.25, 0.3) is 22.6 Å². The first-order valence-electron chi connectivity index (χ1n) is 12.7. The molecule has 5 rings (SSSR count). The number of benzene rings is 2. The summed E-state index contributed by atoms with van der Waals surface area (Å²) in [5.41, 5.74) is 2.39. The maximum absolute atomic E-state index is 13.2. The van der Waals surface area contributed by atoms with Crippen molar-refractivity contribution < 1.29 is 36.8 Å². The fourth-order valence-electron chi connectivity index (χ4n) is 4.68. The van der Waals surface area contributed by atoms with Crippen molar-refractivity contribution in [1.29, 1.82) is 0 Å². The molecule has 202 valence electrons. The molecule has 2 aliphatic heterocycles. The first kappa shape index (κ1) is 26.6. The molecule has 3 heterocycles. The fourth-order valence-corrected chi connectivity index (χ4v) is 4.68. The van der Waals surface area contributed by atoms with Crippen LogP contribution in [-0.2, 0) is 25.4 Å². The number of alkyl halides is 2. The predicted octanol–water partition coefficient (Wildman–Crippen LogP) is 4.50. The summed E-state index contributed by atoms with van der Waals surface area (Å²) >= 11 is 0. The molecule has 1 atom stereocenters. The summed E-state index contributed by atoms with van der Waals surface area (Å²) in [6.07, 6.45) is 1.55. The quantitative estimate of drug-likeness (QED) is 0.354. The number of nitrogens with zero attached hydrogens (tertiary/aromatic N) is 1. The molecular weight excluding hydrogens is 497 g/mol. The number of carbonyl (C=O) groups is 1. The summed E-state index contributed by atoms with van der Waals surface area (Å²) < 4.78 is 54.9. The lowest BCUT2D eigenvalue weighted by Gasteiger charge is -2.32. The zero-order chi connectivity index (χ0) is 27.2. The Labute approximate surface area is 220 Å². The average Bonchev–Trinajstić information content (AvgIpc) is 3.55. The molecule has 1 aromatic heterocycles. The van der Waals surface area contributed by atoms with Crippen LogP contribution in [0.1, 0.15) is 51.7 Å². The van der Waals surface area contributed by atoms with Gasteiger partial charge >= 0.3 is 19.7 Å². The van der Waals surface area contributed by atoms with E-state index in [1.54, 1.807) is 6.07 Å². The molecule has 0 radical (unpaired) electrons. The molecule has 38 heavy (non-hydrogen) atoms. The Morgan fingerprint density at radius 1 is 1.21 bits per heavy atom. The summed E-state index contributed by atoms with van der Waals surface area (Å²) in [5.74, 6) is -0.255. The second kappa shape index (κ2) is 9.94. The van der Waals surface area contributed by atoms with Crippen molar-refractivity contribution >= 4 is 29.7 Å². The predicted molar refractivity (Wildman–Crippen MR) is 137 cm³/mol. The third-order valence-electron chi connectivity index (χ3n) is 7.61. The minimum absolute atomic E-state index is 0.134. The van der Waals surface area contributed by atoms with E-state index < -0.39 is 36.9 Å². The van der Waals surface area contributed by atoms with Crippen molar-refractivity contribution in [3.05, 3.63) is 41.5 Å². The number of rotatable bonds is 7. The number of esters is 1. The molecule has 11 heteroatoms. The van der Waals surface area contributed by atoms with E-state index in [2.05, 4.69) is 10.3 Å². The number of oxazole rings is 1. The van der Waals surface area contributed by atoms with Crippen LogP contribution in [0.3, 0.4) is 0 Å². The van der Waals surface area contributed by atoms with Gasteiger partial charge in [0.1, 0.15) is 23.9 Å². The maximum Gasteiger partial charge on any atom is 0.495 e. The lowest BCUT2D eigenvalue weighted by molar-refractivity contribution is -0.147. The molecule has 0 bridgehead atoms. The van der Waals surface area contributed by atoms with Crippen molar-refractivity contribution in [2.24, 2.45) is 0 Å². The molecule has 3 aromatic rings. The Bertz CT molecular complexity index is 1340. The molecular formula is C27H31BF2N2O6. The third-order valence-corrected chi connectivity index (χ3v) is 7.61. The van der Waals surface area contributed by atoms with Gasteiger partial charge in [-0.2, -0.15) is 8.78 Å². The minimum atomic E-state index is -3.06. The molecule has 1 N–H and O–H groups in total. The van der Waals surface area contributed by atoms with Gasteiger partial charge in [0.05, 0.1) is 11.2 Å². The second-order valence-electron chi connectivity index (χ2n) is 10.7. The zero-order valence-electron chi connectivity index (χ0n) is 22.1. The van der Waals surface area contributed by atoms with Crippen molar-refractivity contribution in [2.45, 2.75) is 77.9 Å². The SMILES string of the molecule is Cc1c(B2OC(C)(C)C(C)(C)O2)cccc1-c1nc2cc(COC(=O)[C@@H]3CCCN3)c(OC(F)F)cc2o1. The van der Waals surface area contributed by atoms with Gasteiger partial charge in [-0.05, 0) is 77.2 Å². The Morgan fingerprint density at radius 2 is 1.95 bits per heavy atom. The lowest BCUT2D eigenvalue weighted by atomic mass is 9.75. The highest BCUT2D eigenvalue weighted by Crippen LogP contribution is 2.38. The van der Waals surface area contributed by atoms with Gasteiger partial charge in [0, 0.05) is 17.2 Å². The van der Waals surface area contributed by atoms with Gasteiger partial charge in [0.15, 0.2) is 5.58 Å². The van der Waals surface area contributed by atoms with E-state index in [1.807, 2.05) is 52.8 Å². The fraction of sp³-hybridized carbons (Fsp3) is 0.481. The van der Waals surface area contributed by atoms with Gasteiger partial charge in [-0.1, -0.05) is 12.1 Å². The van der Waals surface area contributed by atoms with E-state index in [0.29, 0.717) is 23.4 Å². The maximum atomic E-state index is 13.2. The molecule has 0 amide bonds. The highest BCUT2D eigenvalue weighted by molar-refractivity contribution is 6.62. The minimum Gasteiger partial charge on any atom is -0.460 e. The van der Waals surface area contributed by atoms with Crippen LogP contribution >= 0.6 is 0 Å². The van der Waals surface area contributed by atoms with Crippen LogP contribution in [0.2, 0.25) is 0 Å². The molecule has 2 saturated heterocycles. The van der Waals surface area contributed by atoms with E-state index in [-0.39, 0.29) is 23.5 Å². The molecule has 0 spiro atoms. The number of carbonyl (C=O) groups excluding carboxylic acids is 1. The molecule has 8 nitrogen and oxygen atoms in total. The molecule has 2 aromatic carbocycles. The van der Waals surface area contributed by atoms with Crippen LogP contribution in [0.15, 0.2) is 34.7 Å². The zero-order valence-corrected chi connectivity index (χ0v) is 22.1. The van der Waals surface area contributed by atoms with Crippen molar-refractivity contribution in [2.75, 3.05) is 6.54 Å². The Balaban J connectivity index is 1.45. The third kappa shape index (κ3) is 5.02. The van der Waals surface area contributed by atoms with Gasteiger partial charge in [0.2, 0.25) is 5.89 Å². The first-order chi connectivity index (χ1) is 17.9. The summed E-state index contributed by atoms with van der Waals surface area (Å²) in [4.78, 5) is 16.9. The van der Waals surface area contributed by atoms with E-state index in [1.165, 1.54) is 6.07 Å². The summed E-state index contributed by atoms with van der Waals surface area (Å²) in [7, 11) is -0.564. The number of hydrogen-bond acceptors (Lipinski definition) is 8. The molecule has 0 unspecified atom stereocenters. The number of ether oxygens (including phenoxy) is 2. The Kier molecular flexibility index (Phi) is 6.96. The van der Waals surface area contributed by atoms with Crippen molar-refractivity contribution in [1.82, 2.24) is 10.3 Å². The van der Waals surface area contributed by atoms with Crippen molar-refractivity contribution in [3.8, 4) is 17.2 Å². The lowest BCUT2D eigenvalue weighted by Crippen LogP contribution is -2.41. The Morgan fingerprint density at radius 3 is 2.61 bits per heavy atom. The molecule has 2 aliphatic rings. The van der Waals surface area contributed by atoms with Gasteiger partial charge in [-0.15, -0.1) is 0 Å². The van der Waals surface area contributed by atoms with Gasteiger partial charge in [0.25, 0.3) is 0 Å². The van der Waals surface area contributed by atoms with Crippen LogP contribution < -0.4 is 15.5 Å². The number of halogens is 2. The number of fused-ring (bicyclic) bond motifs is 1. The van der Waals surface area contributed by atoms with E-state index in [4.69, 9.17) is 23.2 Å². The molecule has 2 fully saturated rings. The number of hydrogen-bond donors (Lipinski definition) is 1. The second-order valence-corrected chi connectivity index (χ2v) is 10.7. The highest BCUT2D eigenvalue weighted by Gasteiger charge is 2.52. The number of aromatic nitrogens is 1. The van der Waals surface area contributed by atoms with E-state index >= 15 is 0 Å². The molecule has 0 aliphatic carbocycles. The summed E-state index contributed by atoms with van der Waals surface area (Å²) in [6.45, 7) is 7.35.